The number of hydrogen-bond donors (Lipinski definition) is 1. The molecule has 0 atom stereocenters. The summed E-state index contributed by atoms with van der Waals surface area (Å²) in [4.78, 5) is 27.1. The molecule has 0 fully saturated rings. The van der Waals surface area contributed by atoms with Gasteiger partial charge in [-0.05, 0) is 13.0 Å². The fraction of sp³-hybridized carbons (Fsp3) is 0.0588. The molecule has 1 amide bonds. The van der Waals surface area contributed by atoms with Gasteiger partial charge in [0, 0.05) is 28.1 Å². The molecule has 3 rings (SSSR count). The number of nitrogens with one attached hydrogen (secondary N) is 1. The molecule has 1 heterocycles. The van der Waals surface area contributed by atoms with Crippen LogP contribution < -0.4 is 5.32 Å². The summed E-state index contributed by atoms with van der Waals surface area (Å²) in [6, 6.07) is 14.0. The Hall–Kier alpha value is -3.06. The van der Waals surface area contributed by atoms with Gasteiger partial charge in [-0.1, -0.05) is 36.4 Å². The molecule has 0 aliphatic rings. The Balaban J connectivity index is 1.80. The van der Waals surface area contributed by atoms with Gasteiger partial charge in [-0.3, -0.25) is 20.2 Å². The van der Waals surface area contributed by atoms with Crippen molar-refractivity contribution in [2.75, 3.05) is 5.32 Å². The second-order valence-corrected chi connectivity index (χ2v) is 5.97. The van der Waals surface area contributed by atoms with Crippen molar-refractivity contribution in [3.8, 4) is 11.3 Å². The van der Waals surface area contributed by atoms with Crippen LogP contribution in [-0.2, 0) is 0 Å². The monoisotopic (exact) mass is 339 g/mol. The van der Waals surface area contributed by atoms with Gasteiger partial charge in [0.05, 0.1) is 10.6 Å². The summed E-state index contributed by atoms with van der Waals surface area (Å²) in [7, 11) is 0. The molecule has 0 radical (unpaired) electrons. The maximum Gasteiger partial charge on any atom is 0.273 e. The van der Waals surface area contributed by atoms with Crippen molar-refractivity contribution in [1.29, 1.82) is 0 Å². The second kappa shape index (κ2) is 6.59. The highest BCUT2D eigenvalue weighted by Crippen LogP contribution is 2.25. The molecule has 0 aliphatic heterocycles. The van der Waals surface area contributed by atoms with Gasteiger partial charge in [0.2, 0.25) is 0 Å². The van der Waals surface area contributed by atoms with E-state index >= 15 is 0 Å². The number of nitro benzene ring substituents is 1. The van der Waals surface area contributed by atoms with Gasteiger partial charge in [-0.2, -0.15) is 0 Å². The molecule has 2 aromatic carbocycles. The van der Waals surface area contributed by atoms with E-state index in [0.717, 1.165) is 11.3 Å². The maximum atomic E-state index is 12.3. The van der Waals surface area contributed by atoms with Crippen molar-refractivity contribution in [3.05, 3.63) is 75.2 Å². The van der Waals surface area contributed by atoms with Crippen LogP contribution >= 0.6 is 11.3 Å². The van der Waals surface area contributed by atoms with Gasteiger partial charge in [-0.15, -0.1) is 11.3 Å². The maximum absolute atomic E-state index is 12.3. The van der Waals surface area contributed by atoms with Crippen molar-refractivity contribution in [2.24, 2.45) is 0 Å². The van der Waals surface area contributed by atoms with Crippen LogP contribution in [0.1, 0.15) is 15.9 Å². The summed E-state index contributed by atoms with van der Waals surface area (Å²) >= 11 is 1.30. The Morgan fingerprint density at radius 3 is 2.67 bits per heavy atom. The van der Waals surface area contributed by atoms with Crippen LogP contribution in [0.15, 0.2) is 53.9 Å². The van der Waals surface area contributed by atoms with E-state index in [1.807, 2.05) is 35.7 Å². The lowest BCUT2D eigenvalue weighted by atomic mass is 10.1. The van der Waals surface area contributed by atoms with Gasteiger partial charge in [0.1, 0.15) is 0 Å². The van der Waals surface area contributed by atoms with Crippen LogP contribution in [0, 0.1) is 17.0 Å². The number of amides is 1. The molecule has 7 heteroatoms. The number of rotatable bonds is 4. The number of carbonyl (C=O) groups is 1. The van der Waals surface area contributed by atoms with Crippen LogP contribution in [0.2, 0.25) is 0 Å². The molecule has 0 unspecified atom stereocenters. The summed E-state index contributed by atoms with van der Waals surface area (Å²) in [5.74, 6) is -0.424. The summed E-state index contributed by atoms with van der Waals surface area (Å²) in [6.07, 6.45) is 0. The van der Waals surface area contributed by atoms with E-state index in [9.17, 15) is 14.9 Å². The highest BCUT2D eigenvalue weighted by molar-refractivity contribution is 7.14. The minimum absolute atomic E-state index is 0.0771. The standard InChI is InChI=1S/C17H13N3O3S/c1-11-7-8-13(9-15(11)20(22)23)16(21)19-17-18-14(10-24-17)12-5-3-2-4-6-12/h2-10H,1H3,(H,18,19,21). The summed E-state index contributed by atoms with van der Waals surface area (Å²) in [6.45, 7) is 1.63. The lowest BCUT2D eigenvalue weighted by Crippen LogP contribution is -2.12. The summed E-state index contributed by atoms with van der Waals surface area (Å²) < 4.78 is 0. The highest BCUT2D eigenvalue weighted by atomic mass is 32.1. The average molecular weight is 339 g/mol. The van der Waals surface area contributed by atoms with E-state index in [-0.39, 0.29) is 11.3 Å². The minimum Gasteiger partial charge on any atom is -0.298 e. The smallest absolute Gasteiger partial charge is 0.273 e. The third kappa shape index (κ3) is 3.31. The Labute approximate surface area is 141 Å². The van der Waals surface area contributed by atoms with E-state index in [1.54, 1.807) is 19.1 Å². The molecule has 3 aromatic rings. The SMILES string of the molecule is Cc1ccc(C(=O)Nc2nc(-c3ccccc3)cs2)cc1[N+](=O)[O-]. The normalized spacial score (nSPS) is 10.4. The van der Waals surface area contributed by atoms with Gasteiger partial charge in [0.15, 0.2) is 5.13 Å². The molecule has 0 spiro atoms. The minimum atomic E-state index is -0.497. The van der Waals surface area contributed by atoms with Crippen molar-refractivity contribution >= 4 is 28.1 Å². The number of aromatic nitrogens is 1. The third-order valence-electron chi connectivity index (χ3n) is 3.46. The number of anilines is 1. The molecule has 24 heavy (non-hydrogen) atoms. The first-order valence-electron chi connectivity index (χ1n) is 7.12. The quantitative estimate of drug-likeness (QED) is 0.568. The van der Waals surface area contributed by atoms with Crippen LogP contribution in [0.4, 0.5) is 10.8 Å². The summed E-state index contributed by atoms with van der Waals surface area (Å²) in [5, 5.41) is 16.0. The molecule has 0 bridgehead atoms. The zero-order valence-electron chi connectivity index (χ0n) is 12.7. The second-order valence-electron chi connectivity index (χ2n) is 5.12. The lowest BCUT2D eigenvalue weighted by molar-refractivity contribution is -0.385. The van der Waals surface area contributed by atoms with Crippen molar-refractivity contribution in [1.82, 2.24) is 4.98 Å². The Morgan fingerprint density at radius 2 is 1.96 bits per heavy atom. The lowest BCUT2D eigenvalue weighted by Gasteiger charge is -2.03. The first-order valence-corrected chi connectivity index (χ1v) is 8.00. The number of hydrogen-bond acceptors (Lipinski definition) is 5. The van der Waals surface area contributed by atoms with Crippen LogP contribution in [0.25, 0.3) is 11.3 Å². The molecule has 0 aliphatic carbocycles. The Bertz CT molecular complexity index is 906. The molecule has 6 nitrogen and oxygen atoms in total. The topological polar surface area (TPSA) is 85.1 Å². The van der Waals surface area contributed by atoms with Crippen LogP contribution in [-0.4, -0.2) is 15.8 Å². The molecular weight excluding hydrogens is 326 g/mol. The van der Waals surface area contributed by atoms with E-state index in [1.165, 1.54) is 17.4 Å². The van der Waals surface area contributed by atoms with Crippen molar-refractivity contribution in [2.45, 2.75) is 6.92 Å². The molecule has 120 valence electrons. The number of aryl methyl sites for hydroxylation is 1. The van der Waals surface area contributed by atoms with Crippen molar-refractivity contribution < 1.29 is 9.72 Å². The fourth-order valence-electron chi connectivity index (χ4n) is 2.19. The molecule has 1 N–H and O–H groups in total. The van der Waals surface area contributed by atoms with Gasteiger partial charge in [0.25, 0.3) is 11.6 Å². The number of thiazole rings is 1. The molecule has 0 saturated carbocycles. The predicted octanol–water partition coefficient (Wildman–Crippen LogP) is 4.28. The van der Waals surface area contributed by atoms with E-state index < -0.39 is 10.8 Å². The number of carbonyl (C=O) groups excluding carboxylic acids is 1. The average Bonchev–Trinajstić information content (AvgIpc) is 3.04. The first kappa shape index (κ1) is 15.8. The molecular formula is C17H13N3O3S. The number of nitro groups is 1. The number of benzene rings is 2. The van der Waals surface area contributed by atoms with E-state index in [0.29, 0.717) is 10.7 Å². The summed E-state index contributed by atoms with van der Waals surface area (Å²) in [5.41, 5.74) is 2.39. The fourth-order valence-corrected chi connectivity index (χ4v) is 2.90. The third-order valence-corrected chi connectivity index (χ3v) is 4.22. The van der Waals surface area contributed by atoms with Gasteiger partial charge < -0.3 is 0 Å². The predicted molar refractivity (Wildman–Crippen MR) is 93.3 cm³/mol. The van der Waals surface area contributed by atoms with E-state index in [2.05, 4.69) is 10.3 Å². The van der Waals surface area contributed by atoms with E-state index in [4.69, 9.17) is 0 Å². The first-order chi connectivity index (χ1) is 11.5. The van der Waals surface area contributed by atoms with Crippen LogP contribution in [0.5, 0.6) is 0 Å². The van der Waals surface area contributed by atoms with Gasteiger partial charge in [-0.25, -0.2) is 4.98 Å². The zero-order chi connectivity index (χ0) is 17.1. The zero-order valence-corrected chi connectivity index (χ0v) is 13.5. The largest absolute Gasteiger partial charge is 0.298 e. The molecule has 1 aromatic heterocycles. The Kier molecular flexibility index (Phi) is 4.35. The Morgan fingerprint density at radius 1 is 1.21 bits per heavy atom. The van der Waals surface area contributed by atoms with Gasteiger partial charge >= 0.3 is 0 Å². The highest BCUT2D eigenvalue weighted by Gasteiger charge is 2.16. The van der Waals surface area contributed by atoms with Crippen LogP contribution in [0.3, 0.4) is 0 Å². The number of nitrogens with zero attached hydrogens (tertiary/aromatic N) is 2. The van der Waals surface area contributed by atoms with Crippen molar-refractivity contribution in [3.63, 3.8) is 0 Å². The molecule has 0 saturated heterocycles.